The van der Waals surface area contributed by atoms with Crippen LogP contribution in [-0.2, 0) is 23.8 Å². The molecule has 0 aliphatic carbocycles. The SMILES string of the molecule is Nc1cc(C(F)(F)F)cc(C(=O)Nc2ccc3c(c2)CCN3C(=O)Cc2ccccn2)c1-c1ccccc1. The largest absolute Gasteiger partial charge is 0.416 e. The van der Waals surface area contributed by atoms with Gasteiger partial charge in [-0.3, -0.25) is 14.6 Å². The zero-order valence-electron chi connectivity index (χ0n) is 20.1. The van der Waals surface area contributed by atoms with Gasteiger partial charge in [-0.1, -0.05) is 36.4 Å². The van der Waals surface area contributed by atoms with Gasteiger partial charge in [-0.25, -0.2) is 0 Å². The van der Waals surface area contributed by atoms with E-state index in [9.17, 15) is 22.8 Å². The van der Waals surface area contributed by atoms with E-state index in [1.54, 1.807) is 71.8 Å². The van der Waals surface area contributed by atoms with Gasteiger partial charge >= 0.3 is 6.18 Å². The number of aromatic nitrogens is 1. The van der Waals surface area contributed by atoms with Crippen LogP contribution in [0, 0.1) is 0 Å². The Hall–Kier alpha value is -4.66. The molecule has 6 nitrogen and oxygen atoms in total. The zero-order valence-corrected chi connectivity index (χ0v) is 20.1. The Morgan fingerprint density at radius 2 is 1.74 bits per heavy atom. The monoisotopic (exact) mass is 516 g/mol. The summed E-state index contributed by atoms with van der Waals surface area (Å²) in [5.74, 6) is -0.811. The van der Waals surface area contributed by atoms with Crippen LogP contribution < -0.4 is 16.0 Å². The highest BCUT2D eigenvalue weighted by Gasteiger charge is 2.33. The summed E-state index contributed by atoms with van der Waals surface area (Å²) in [6.07, 6.45) is -2.29. The molecule has 1 aliphatic rings. The average molecular weight is 517 g/mol. The number of carbonyl (C=O) groups is 2. The quantitative estimate of drug-likeness (QED) is 0.332. The number of fused-ring (bicyclic) bond motifs is 1. The average Bonchev–Trinajstić information content (AvgIpc) is 3.32. The molecule has 38 heavy (non-hydrogen) atoms. The molecule has 0 radical (unpaired) electrons. The highest BCUT2D eigenvalue weighted by molar-refractivity contribution is 6.11. The third-order valence-electron chi connectivity index (χ3n) is 6.40. The summed E-state index contributed by atoms with van der Waals surface area (Å²) in [5.41, 5.74) is 8.11. The molecule has 3 N–H and O–H groups in total. The molecule has 5 rings (SSSR count). The summed E-state index contributed by atoms with van der Waals surface area (Å²) >= 11 is 0. The van der Waals surface area contributed by atoms with Crippen molar-refractivity contribution in [3.63, 3.8) is 0 Å². The van der Waals surface area contributed by atoms with Crippen LogP contribution in [0.2, 0.25) is 0 Å². The lowest BCUT2D eigenvalue weighted by Gasteiger charge is -2.18. The van der Waals surface area contributed by atoms with Crippen LogP contribution >= 0.6 is 0 Å². The number of nitrogens with two attached hydrogens (primary N) is 1. The fourth-order valence-electron chi connectivity index (χ4n) is 4.62. The fourth-order valence-corrected chi connectivity index (χ4v) is 4.62. The van der Waals surface area contributed by atoms with Crippen molar-refractivity contribution in [1.29, 1.82) is 0 Å². The fraction of sp³-hybridized carbons (Fsp3) is 0.138. The van der Waals surface area contributed by atoms with E-state index in [1.807, 2.05) is 6.07 Å². The number of benzene rings is 3. The third kappa shape index (κ3) is 5.08. The van der Waals surface area contributed by atoms with Gasteiger partial charge in [0.05, 0.1) is 17.5 Å². The first-order chi connectivity index (χ1) is 18.2. The van der Waals surface area contributed by atoms with Crippen molar-refractivity contribution in [3.05, 3.63) is 107 Å². The summed E-state index contributed by atoms with van der Waals surface area (Å²) in [5, 5.41) is 2.71. The summed E-state index contributed by atoms with van der Waals surface area (Å²) in [6, 6.07) is 20.7. The van der Waals surface area contributed by atoms with Gasteiger partial charge in [0.15, 0.2) is 0 Å². The van der Waals surface area contributed by atoms with E-state index in [-0.39, 0.29) is 29.1 Å². The van der Waals surface area contributed by atoms with Gasteiger partial charge in [0.2, 0.25) is 5.91 Å². The number of carbonyl (C=O) groups excluding carboxylic acids is 2. The van der Waals surface area contributed by atoms with E-state index in [4.69, 9.17) is 5.73 Å². The van der Waals surface area contributed by atoms with Gasteiger partial charge in [0.25, 0.3) is 5.91 Å². The van der Waals surface area contributed by atoms with Crippen LogP contribution in [0.3, 0.4) is 0 Å². The van der Waals surface area contributed by atoms with E-state index < -0.39 is 17.6 Å². The highest BCUT2D eigenvalue weighted by atomic mass is 19.4. The summed E-state index contributed by atoms with van der Waals surface area (Å²) in [6.45, 7) is 0.487. The third-order valence-corrected chi connectivity index (χ3v) is 6.40. The Labute approximate surface area is 216 Å². The van der Waals surface area contributed by atoms with Crippen molar-refractivity contribution in [2.24, 2.45) is 0 Å². The number of hydrogen-bond donors (Lipinski definition) is 2. The molecule has 2 amide bonds. The number of anilines is 3. The normalized spacial score (nSPS) is 12.8. The topological polar surface area (TPSA) is 88.3 Å². The predicted molar refractivity (Wildman–Crippen MR) is 140 cm³/mol. The number of nitrogens with zero attached hydrogens (tertiary/aromatic N) is 2. The van der Waals surface area contributed by atoms with E-state index in [1.165, 1.54) is 0 Å². The summed E-state index contributed by atoms with van der Waals surface area (Å²) < 4.78 is 40.6. The Bertz CT molecular complexity index is 1510. The van der Waals surface area contributed by atoms with Gasteiger partial charge in [-0.15, -0.1) is 0 Å². The van der Waals surface area contributed by atoms with Crippen LogP contribution in [0.15, 0.2) is 85.1 Å². The van der Waals surface area contributed by atoms with Crippen molar-refractivity contribution in [1.82, 2.24) is 4.98 Å². The smallest absolute Gasteiger partial charge is 0.398 e. The molecule has 0 bridgehead atoms. The molecule has 0 fully saturated rings. The number of amides is 2. The molecular formula is C29H23F3N4O2. The van der Waals surface area contributed by atoms with Gasteiger partial charge in [-0.2, -0.15) is 13.2 Å². The van der Waals surface area contributed by atoms with Gasteiger partial charge in [0, 0.05) is 41.1 Å². The summed E-state index contributed by atoms with van der Waals surface area (Å²) in [4.78, 5) is 32.0. The minimum atomic E-state index is -4.67. The number of nitrogens with one attached hydrogen (secondary N) is 1. The molecule has 4 aromatic rings. The van der Waals surface area contributed by atoms with Crippen LogP contribution in [-0.4, -0.2) is 23.3 Å². The Morgan fingerprint density at radius 3 is 2.45 bits per heavy atom. The number of halogens is 3. The molecule has 3 aromatic carbocycles. The second-order valence-corrected chi connectivity index (χ2v) is 8.94. The van der Waals surface area contributed by atoms with Crippen molar-refractivity contribution in [2.45, 2.75) is 19.0 Å². The zero-order chi connectivity index (χ0) is 26.9. The predicted octanol–water partition coefficient (Wildman–Crippen LogP) is 5.73. The van der Waals surface area contributed by atoms with Crippen LogP contribution in [0.1, 0.15) is 27.2 Å². The van der Waals surface area contributed by atoms with Gasteiger partial charge in [-0.05, 0) is 60.0 Å². The van der Waals surface area contributed by atoms with E-state index in [0.29, 0.717) is 29.9 Å². The maximum atomic E-state index is 13.5. The number of rotatable bonds is 5. The van der Waals surface area contributed by atoms with E-state index in [2.05, 4.69) is 10.3 Å². The van der Waals surface area contributed by atoms with Crippen molar-refractivity contribution in [2.75, 3.05) is 22.5 Å². The minimum Gasteiger partial charge on any atom is -0.398 e. The van der Waals surface area contributed by atoms with E-state index in [0.717, 1.165) is 23.4 Å². The van der Waals surface area contributed by atoms with Crippen molar-refractivity contribution in [3.8, 4) is 11.1 Å². The van der Waals surface area contributed by atoms with Gasteiger partial charge in [0.1, 0.15) is 0 Å². The lowest BCUT2D eigenvalue weighted by atomic mass is 9.94. The number of pyridine rings is 1. The van der Waals surface area contributed by atoms with Crippen LogP contribution in [0.25, 0.3) is 11.1 Å². The lowest BCUT2D eigenvalue weighted by Crippen LogP contribution is -2.30. The van der Waals surface area contributed by atoms with Crippen LogP contribution in [0.5, 0.6) is 0 Å². The summed E-state index contributed by atoms with van der Waals surface area (Å²) in [7, 11) is 0. The molecule has 0 atom stereocenters. The Kier molecular flexibility index (Phi) is 6.59. The molecule has 0 saturated heterocycles. The number of hydrogen-bond acceptors (Lipinski definition) is 4. The first-order valence-corrected chi connectivity index (χ1v) is 11.9. The molecule has 0 unspecified atom stereocenters. The molecule has 1 aromatic heterocycles. The Balaban J connectivity index is 1.42. The van der Waals surface area contributed by atoms with Crippen molar-refractivity contribution < 1.29 is 22.8 Å². The van der Waals surface area contributed by atoms with Gasteiger partial charge < -0.3 is 16.0 Å². The standard InChI is InChI=1S/C29H23F3N4O2/c30-29(31,32)20-15-23(27(24(33)16-20)18-6-2-1-3-7-18)28(38)35-22-9-10-25-19(14-22)11-13-36(25)26(37)17-21-8-4-5-12-34-21/h1-10,12,14-16H,11,13,17,33H2,(H,35,38). The molecule has 2 heterocycles. The Morgan fingerprint density at radius 1 is 0.974 bits per heavy atom. The molecular weight excluding hydrogens is 493 g/mol. The molecule has 1 aliphatic heterocycles. The van der Waals surface area contributed by atoms with Crippen molar-refractivity contribution >= 4 is 28.9 Å². The maximum Gasteiger partial charge on any atom is 0.416 e. The first kappa shape index (κ1) is 25.0. The molecule has 0 spiro atoms. The lowest BCUT2D eigenvalue weighted by molar-refractivity contribution is -0.137. The minimum absolute atomic E-state index is 0.0915. The molecule has 9 heteroatoms. The highest BCUT2D eigenvalue weighted by Crippen LogP contribution is 2.38. The molecule has 0 saturated carbocycles. The number of nitrogen functional groups attached to an aromatic ring is 1. The number of alkyl halides is 3. The van der Waals surface area contributed by atoms with E-state index >= 15 is 0 Å². The maximum absolute atomic E-state index is 13.5. The second kappa shape index (κ2) is 10.0. The first-order valence-electron chi connectivity index (χ1n) is 11.9. The van der Waals surface area contributed by atoms with Crippen LogP contribution in [0.4, 0.5) is 30.2 Å². The molecule has 192 valence electrons. The second-order valence-electron chi connectivity index (χ2n) is 8.94.